The van der Waals surface area contributed by atoms with Crippen molar-refractivity contribution in [1.82, 2.24) is 20.1 Å². The maximum atomic E-state index is 12.5. The highest BCUT2D eigenvalue weighted by molar-refractivity contribution is 5.84. The van der Waals surface area contributed by atoms with Gasteiger partial charge < -0.3 is 15.1 Å². The highest BCUT2D eigenvalue weighted by atomic mass is 16.2. The standard InChI is InChI=1S/C13H18N4O/c1-16-5-6-17-11(9-16)8-15-12(13(17)18)10-3-2-4-14-7-10/h2-4,7,11-12,15H,5-6,8-9H2,1H3. The molecule has 3 heterocycles. The zero-order valence-corrected chi connectivity index (χ0v) is 10.5. The molecule has 2 saturated heterocycles. The number of likely N-dealkylation sites (N-methyl/N-ethyl adjacent to an activating group) is 1. The molecule has 5 heteroatoms. The Morgan fingerprint density at radius 3 is 3.11 bits per heavy atom. The number of nitrogens with one attached hydrogen (secondary N) is 1. The molecule has 2 aliphatic rings. The van der Waals surface area contributed by atoms with E-state index in [1.165, 1.54) is 0 Å². The quantitative estimate of drug-likeness (QED) is 0.750. The fourth-order valence-electron chi connectivity index (χ4n) is 2.79. The van der Waals surface area contributed by atoms with Crippen molar-refractivity contribution in [3.05, 3.63) is 30.1 Å². The Morgan fingerprint density at radius 1 is 1.44 bits per heavy atom. The van der Waals surface area contributed by atoms with Gasteiger partial charge in [-0.05, 0) is 18.7 Å². The first-order chi connectivity index (χ1) is 8.75. The van der Waals surface area contributed by atoms with Crippen LogP contribution in [-0.2, 0) is 4.79 Å². The zero-order valence-electron chi connectivity index (χ0n) is 10.5. The lowest BCUT2D eigenvalue weighted by molar-refractivity contribution is -0.141. The molecular formula is C13H18N4O. The summed E-state index contributed by atoms with van der Waals surface area (Å²) in [7, 11) is 2.11. The van der Waals surface area contributed by atoms with Gasteiger partial charge in [0.05, 0.1) is 6.04 Å². The number of rotatable bonds is 1. The van der Waals surface area contributed by atoms with Crippen molar-refractivity contribution in [3.63, 3.8) is 0 Å². The molecule has 3 rings (SSSR count). The number of fused-ring (bicyclic) bond motifs is 1. The SMILES string of the molecule is CN1CCN2C(=O)C(c3cccnc3)NCC2C1. The van der Waals surface area contributed by atoms with Crippen LogP contribution in [0.25, 0.3) is 0 Å². The van der Waals surface area contributed by atoms with E-state index in [0.29, 0.717) is 6.04 Å². The third kappa shape index (κ3) is 2.00. The van der Waals surface area contributed by atoms with E-state index in [9.17, 15) is 4.79 Å². The molecule has 1 aromatic heterocycles. The Bertz CT molecular complexity index is 436. The molecule has 0 aromatic carbocycles. The van der Waals surface area contributed by atoms with Crippen molar-refractivity contribution >= 4 is 5.91 Å². The van der Waals surface area contributed by atoms with Gasteiger partial charge in [0, 0.05) is 38.6 Å². The maximum absolute atomic E-state index is 12.5. The number of hydrogen-bond acceptors (Lipinski definition) is 4. The smallest absolute Gasteiger partial charge is 0.244 e. The van der Waals surface area contributed by atoms with Gasteiger partial charge in [-0.25, -0.2) is 0 Å². The fourth-order valence-corrected chi connectivity index (χ4v) is 2.79. The summed E-state index contributed by atoms with van der Waals surface area (Å²) >= 11 is 0. The van der Waals surface area contributed by atoms with Crippen LogP contribution in [0.1, 0.15) is 11.6 Å². The Hall–Kier alpha value is -1.46. The van der Waals surface area contributed by atoms with Crippen LogP contribution < -0.4 is 5.32 Å². The van der Waals surface area contributed by atoms with Crippen molar-refractivity contribution in [1.29, 1.82) is 0 Å². The summed E-state index contributed by atoms with van der Waals surface area (Å²) in [5.74, 6) is 0.187. The van der Waals surface area contributed by atoms with Crippen molar-refractivity contribution in [2.75, 3.05) is 33.2 Å². The lowest BCUT2D eigenvalue weighted by Crippen LogP contribution is -2.63. The zero-order chi connectivity index (χ0) is 12.5. The number of amides is 1. The van der Waals surface area contributed by atoms with Crippen LogP contribution in [0.15, 0.2) is 24.5 Å². The summed E-state index contributed by atoms with van der Waals surface area (Å²) in [6.07, 6.45) is 3.50. The van der Waals surface area contributed by atoms with Crippen LogP contribution in [-0.4, -0.2) is 60.0 Å². The molecular weight excluding hydrogens is 228 g/mol. The summed E-state index contributed by atoms with van der Waals surface area (Å²) in [6, 6.07) is 3.92. The molecule has 2 aliphatic heterocycles. The van der Waals surface area contributed by atoms with Gasteiger partial charge in [0.2, 0.25) is 5.91 Å². The van der Waals surface area contributed by atoms with Crippen LogP contribution in [0.3, 0.4) is 0 Å². The lowest BCUT2D eigenvalue weighted by atomic mass is 10.0. The molecule has 0 spiro atoms. The lowest BCUT2D eigenvalue weighted by Gasteiger charge is -2.45. The number of nitrogens with zero attached hydrogens (tertiary/aromatic N) is 3. The van der Waals surface area contributed by atoms with Crippen LogP contribution in [0, 0.1) is 0 Å². The predicted octanol–water partition coefficient (Wildman–Crippen LogP) is -0.131. The highest BCUT2D eigenvalue weighted by Gasteiger charge is 2.38. The molecule has 96 valence electrons. The van der Waals surface area contributed by atoms with Crippen LogP contribution in [0.5, 0.6) is 0 Å². The number of aromatic nitrogens is 1. The fraction of sp³-hybridized carbons (Fsp3) is 0.538. The van der Waals surface area contributed by atoms with E-state index in [0.717, 1.165) is 31.7 Å². The maximum Gasteiger partial charge on any atom is 0.244 e. The third-order valence-electron chi connectivity index (χ3n) is 3.79. The van der Waals surface area contributed by atoms with E-state index in [-0.39, 0.29) is 11.9 Å². The molecule has 0 aliphatic carbocycles. The van der Waals surface area contributed by atoms with E-state index in [4.69, 9.17) is 0 Å². The first-order valence-electron chi connectivity index (χ1n) is 6.38. The molecule has 18 heavy (non-hydrogen) atoms. The van der Waals surface area contributed by atoms with Crippen molar-refractivity contribution in [2.24, 2.45) is 0 Å². The van der Waals surface area contributed by atoms with Gasteiger partial charge in [0.25, 0.3) is 0 Å². The van der Waals surface area contributed by atoms with Gasteiger partial charge in [-0.1, -0.05) is 6.07 Å². The summed E-state index contributed by atoms with van der Waals surface area (Å²) in [5.41, 5.74) is 0.958. The van der Waals surface area contributed by atoms with Crippen LogP contribution in [0.4, 0.5) is 0 Å². The average molecular weight is 246 g/mol. The molecule has 0 radical (unpaired) electrons. The Kier molecular flexibility index (Phi) is 3.01. The number of piperazine rings is 2. The highest BCUT2D eigenvalue weighted by Crippen LogP contribution is 2.22. The van der Waals surface area contributed by atoms with Crippen molar-refractivity contribution in [2.45, 2.75) is 12.1 Å². The van der Waals surface area contributed by atoms with E-state index in [1.54, 1.807) is 12.4 Å². The molecule has 2 atom stereocenters. The summed E-state index contributed by atoms with van der Waals surface area (Å²) < 4.78 is 0. The molecule has 0 bridgehead atoms. The van der Waals surface area contributed by atoms with Crippen molar-refractivity contribution in [3.8, 4) is 0 Å². The summed E-state index contributed by atoms with van der Waals surface area (Å²) in [5, 5.41) is 3.35. The second-order valence-electron chi connectivity index (χ2n) is 5.08. The second-order valence-corrected chi connectivity index (χ2v) is 5.08. The summed E-state index contributed by atoms with van der Waals surface area (Å²) in [6.45, 7) is 3.61. The average Bonchev–Trinajstić information content (AvgIpc) is 2.40. The van der Waals surface area contributed by atoms with E-state index < -0.39 is 0 Å². The van der Waals surface area contributed by atoms with Crippen LogP contribution >= 0.6 is 0 Å². The third-order valence-corrected chi connectivity index (χ3v) is 3.79. The predicted molar refractivity (Wildman–Crippen MR) is 68.0 cm³/mol. The molecule has 1 amide bonds. The van der Waals surface area contributed by atoms with Gasteiger partial charge in [0.1, 0.15) is 6.04 Å². The van der Waals surface area contributed by atoms with Crippen molar-refractivity contribution < 1.29 is 4.79 Å². The monoisotopic (exact) mass is 246 g/mol. The minimum Gasteiger partial charge on any atom is -0.334 e. The van der Waals surface area contributed by atoms with Gasteiger partial charge in [0.15, 0.2) is 0 Å². The minimum atomic E-state index is -0.224. The number of hydrogen-bond donors (Lipinski definition) is 1. The summed E-state index contributed by atoms with van der Waals surface area (Å²) in [4.78, 5) is 20.9. The van der Waals surface area contributed by atoms with E-state index >= 15 is 0 Å². The number of pyridine rings is 1. The minimum absolute atomic E-state index is 0.187. The first kappa shape index (κ1) is 11.6. The van der Waals surface area contributed by atoms with Gasteiger partial charge in [-0.2, -0.15) is 0 Å². The molecule has 1 aromatic rings. The van der Waals surface area contributed by atoms with Gasteiger partial charge >= 0.3 is 0 Å². The van der Waals surface area contributed by atoms with Crippen LogP contribution in [0.2, 0.25) is 0 Å². The van der Waals surface area contributed by atoms with E-state index in [2.05, 4.69) is 22.2 Å². The first-order valence-corrected chi connectivity index (χ1v) is 6.38. The number of carbonyl (C=O) groups excluding carboxylic acids is 1. The Morgan fingerprint density at radius 2 is 2.33 bits per heavy atom. The van der Waals surface area contributed by atoms with Gasteiger partial charge in [-0.3, -0.25) is 9.78 Å². The molecule has 0 saturated carbocycles. The number of carbonyl (C=O) groups is 1. The van der Waals surface area contributed by atoms with Gasteiger partial charge in [-0.15, -0.1) is 0 Å². The molecule has 1 N–H and O–H groups in total. The largest absolute Gasteiger partial charge is 0.334 e. The normalized spacial score (nSPS) is 29.2. The molecule has 5 nitrogen and oxygen atoms in total. The molecule has 2 fully saturated rings. The Balaban J connectivity index is 1.79. The second kappa shape index (κ2) is 4.66. The Labute approximate surface area is 107 Å². The van der Waals surface area contributed by atoms with E-state index in [1.807, 2.05) is 17.0 Å². The molecule has 2 unspecified atom stereocenters. The topological polar surface area (TPSA) is 48.5 Å².